The molecule has 0 spiro atoms. The summed E-state index contributed by atoms with van der Waals surface area (Å²) in [5, 5.41) is 3.20. The van der Waals surface area contributed by atoms with Crippen molar-refractivity contribution in [2.24, 2.45) is 0 Å². The Morgan fingerprint density at radius 3 is 2.75 bits per heavy atom. The van der Waals surface area contributed by atoms with Crippen LogP contribution in [0.3, 0.4) is 0 Å². The number of likely N-dealkylation sites (N-methyl/N-ethyl adjacent to an activating group) is 1. The van der Waals surface area contributed by atoms with Crippen LogP contribution in [-0.2, 0) is 14.8 Å². The second-order valence-electron chi connectivity index (χ2n) is 4.01. The lowest BCUT2D eigenvalue weighted by Gasteiger charge is -2.26. The van der Waals surface area contributed by atoms with E-state index in [2.05, 4.69) is 5.32 Å². The van der Waals surface area contributed by atoms with E-state index in [9.17, 15) is 8.42 Å². The topological polar surface area (TPSA) is 58.6 Å². The standard InChI is InChI=1S/C10H22N2O3S/c1-3-12(10-5-6-11-9-10)16(13,14)8-4-7-15-2/h10-11H,3-9H2,1-2H3. The van der Waals surface area contributed by atoms with E-state index in [1.807, 2.05) is 6.92 Å². The molecule has 1 rings (SSSR count). The van der Waals surface area contributed by atoms with Crippen molar-refractivity contribution in [1.29, 1.82) is 0 Å². The molecule has 16 heavy (non-hydrogen) atoms. The van der Waals surface area contributed by atoms with Crippen molar-refractivity contribution in [3.8, 4) is 0 Å². The summed E-state index contributed by atoms with van der Waals surface area (Å²) in [6, 6.07) is 0.137. The summed E-state index contributed by atoms with van der Waals surface area (Å²) in [5.41, 5.74) is 0. The van der Waals surface area contributed by atoms with Gasteiger partial charge in [0.1, 0.15) is 0 Å². The maximum absolute atomic E-state index is 12.1. The van der Waals surface area contributed by atoms with Crippen LogP contribution in [0.15, 0.2) is 0 Å². The van der Waals surface area contributed by atoms with Crippen LogP contribution in [0.25, 0.3) is 0 Å². The Kier molecular flexibility index (Phi) is 5.68. The minimum atomic E-state index is -3.11. The first kappa shape index (κ1) is 13.9. The van der Waals surface area contributed by atoms with Gasteiger partial charge in [0.05, 0.1) is 5.75 Å². The molecule has 1 aliphatic rings. The molecule has 1 saturated heterocycles. The molecule has 1 atom stereocenters. The molecule has 0 saturated carbocycles. The number of hydrogen-bond acceptors (Lipinski definition) is 4. The lowest BCUT2D eigenvalue weighted by molar-refractivity contribution is 0.199. The van der Waals surface area contributed by atoms with Gasteiger partial charge in [-0.05, 0) is 19.4 Å². The third-order valence-corrected chi connectivity index (χ3v) is 4.94. The molecule has 1 heterocycles. The van der Waals surface area contributed by atoms with Crippen LogP contribution in [0.1, 0.15) is 19.8 Å². The van der Waals surface area contributed by atoms with Gasteiger partial charge in [0.25, 0.3) is 0 Å². The normalized spacial score (nSPS) is 21.8. The highest BCUT2D eigenvalue weighted by molar-refractivity contribution is 7.89. The van der Waals surface area contributed by atoms with Crippen LogP contribution in [-0.4, -0.2) is 57.9 Å². The largest absolute Gasteiger partial charge is 0.385 e. The van der Waals surface area contributed by atoms with Gasteiger partial charge < -0.3 is 10.1 Å². The van der Waals surface area contributed by atoms with Gasteiger partial charge in [-0.2, -0.15) is 4.31 Å². The predicted molar refractivity (Wildman–Crippen MR) is 63.9 cm³/mol. The molecule has 6 heteroatoms. The molecule has 0 bridgehead atoms. The molecule has 1 aliphatic heterocycles. The second-order valence-corrected chi connectivity index (χ2v) is 6.05. The molecule has 5 nitrogen and oxygen atoms in total. The van der Waals surface area contributed by atoms with Crippen molar-refractivity contribution < 1.29 is 13.2 Å². The van der Waals surface area contributed by atoms with E-state index in [1.165, 1.54) is 0 Å². The monoisotopic (exact) mass is 250 g/mol. The van der Waals surface area contributed by atoms with Gasteiger partial charge in [0, 0.05) is 32.8 Å². The number of hydrogen-bond donors (Lipinski definition) is 1. The number of nitrogens with zero attached hydrogens (tertiary/aromatic N) is 1. The Bertz CT molecular complexity index is 286. The van der Waals surface area contributed by atoms with Gasteiger partial charge in [0.15, 0.2) is 0 Å². The van der Waals surface area contributed by atoms with Crippen LogP contribution >= 0.6 is 0 Å². The van der Waals surface area contributed by atoms with Crippen LogP contribution in [0.4, 0.5) is 0 Å². The highest BCUT2D eigenvalue weighted by atomic mass is 32.2. The number of rotatable bonds is 7. The number of methoxy groups -OCH3 is 1. The van der Waals surface area contributed by atoms with Gasteiger partial charge in [0.2, 0.25) is 10.0 Å². The summed E-state index contributed by atoms with van der Waals surface area (Å²) >= 11 is 0. The molecule has 96 valence electrons. The SMILES string of the molecule is CCN(C1CCNC1)S(=O)(=O)CCCOC. The van der Waals surface area contributed by atoms with Crippen LogP contribution in [0, 0.1) is 0 Å². The van der Waals surface area contributed by atoms with Crippen molar-refractivity contribution in [1.82, 2.24) is 9.62 Å². The first-order chi connectivity index (χ1) is 7.61. The first-order valence-electron chi connectivity index (χ1n) is 5.81. The Balaban J connectivity index is 2.55. The van der Waals surface area contributed by atoms with E-state index in [1.54, 1.807) is 11.4 Å². The molecule has 0 radical (unpaired) electrons. The van der Waals surface area contributed by atoms with E-state index >= 15 is 0 Å². The average molecular weight is 250 g/mol. The third kappa shape index (κ3) is 3.69. The summed E-state index contributed by atoms with van der Waals surface area (Å²) in [7, 11) is -1.53. The predicted octanol–water partition coefficient (Wildman–Crippen LogP) is 0.0365. The third-order valence-electron chi connectivity index (χ3n) is 2.86. The molecule has 0 aromatic heterocycles. The fourth-order valence-corrected chi connectivity index (χ4v) is 3.81. The van der Waals surface area contributed by atoms with E-state index in [0.717, 1.165) is 19.5 Å². The highest BCUT2D eigenvalue weighted by Gasteiger charge is 2.29. The molecule has 0 aromatic rings. The number of ether oxygens (including phenoxy) is 1. The van der Waals surface area contributed by atoms with Crippen LogP contribution < -0.4 is 5.32 Å². The Morgan fingerprint density at radius 1 is 1.50 bits per heavy atom. The van der Waals surface area contributed by atoms with E-state index in [0.29, 0.717) is 19.6 Å². The van der Waals surface area contributed by atoms with E-state index in [4.69, 9.17) is 4.74 Å². The Morgan fingerprint density at radius 2 is 2.25 bits per heavy atom. The fraction of sp³-hybridized carbons (Fsp3) is 1.00. The minimum Gasteiger partial charge on any atom is -0.385 e. The molecule has 0 aliphatic carbocycles. The summed E-state index contributed by atoms with van der Waals surface area (Å²) in [4.78, 5) is 0. The second kappa shape index (κ2) is 6.54. The molecule has 1 fully saturated rings. The quantitative estimate of drug-likeness (QED) is 0.648. The summed E-state index contributed by atoms with van der Waals surface area (Å²) in [6.45, 7) is 4.64. The molecular weight excluding hydrogens is 228 g/mol. The van der Waals surface area contributed by atoms with E-state index in [-0.39, 0.29) is 11.8 Å². The zero-order chi connectivity index (χ0) is 12.0. The van der Waals surface area contributed by atoms with Gasteiger partial charge >= 0.3 is 0 Å². The van der Waals surface area contributed by atoms with Crippen molar-refractivity contribution in [2.75, 3.05) is 39.1 Å². The smallest absolute Gasteiger partial charge is 0.214 e. The van der Waals surface area contributed by atoms with Crippen LogP contribution in [0.2, 0.25) is 0 Å². The van der Waals surface area contributed by atoms with Gasteiger partial charge in [-0.15, -0.1) is 0 Å². The lowest BCUT2D eigenvalue weighted by atomic mass is 10.3. The molecule has 0 amide bonds. The first-order valence-corrected chi connectivity index (χ1v) is 7.42. The van der Waals surface area contributed by atoms with Crippen molar-refractivity contribution in [3.63, 3.8) is 0 Å². The maximum atomic E-state index is 12.1. The minimum absolute atomic E-state index is 0.137. The van der Waals surface area contributed by atoms with Crippen molar-refractivity contribution in [2.45, 2.75) is 25.8 Å². The summed E-state index contributed by atoms with van der Waals surface area (Å²) < 4.78 is 30.6. The van der Waals surface area contributed by atoms with Gasteiger partial charge in [-0.1, -0.05) is 6.92 Å². The number of sulfonamides is 1. The lowest BCUT2D eigenvalue weighted by Crippen LogP contribution is -2.42. The molecule has 0 aromatic carbocycles. The summed E-state index contributed by atoms with van der Waals surface area (Å²) in [5.74, 6) is 0.186. The van der Waals surface area contributed by atoms with E-state index < -0.39 is 10.0 Å². The molecular formula is C10H22N2O3S. The number of nitrogens with one attached hydrogen (secondary N) is 1. The van der Waals surface area contributed by atoms with Crippen LogP contribution in [0.5, 0.6) is 0 Å². The maximum Gasteiger partial charge on any atom is 0.214 e. The van der Waals surface area contributed by atoms with Gasteiger partial charge in [-0.3, -0.25) is 0 Å². The Hall–Kier alpha value is -0.170. The fourth-order valence-electron chi connectivity index (χ4n) is 2.07. The summed E-state index contributed by atoms with van der Waals surface area (Å²) in [6.07, 6.45) is 1.48. The highest BCUT2D eigenvalue weighted by Crippen LogP contribution is 2.14. The van der Waals surface area contributed by atoms with Crippen molar-refractivity contribution >= 4 is 10.0 Å². The van der Waals surface area contributed by atoms with Gasteiger partial charge in [-0.25, -0.2) is 8.42 Å². The average Bonchev–Trinajstić information content (AvgIpc) is 2.72. The Labute approximate surface area is 98.2 Å². The van der Waals surface area contributed by atoms with Crippen molar-refractivity contribution in [3.05, 3.63) is 0 Å². The molecule has 1 unspecified atom stereocenters. The zero-order valence-corrected chi connectivity index (χ0v) is 10.9. The zero-order valence-electron chi connectivity index (χ0n) is 10.1. The molecule has 1 N–H and O–H groups in total.